The quantitative estimate of drug-likeness (QED) is 0.810. The van der Waals surface area contributed by atoms with Gasteiger partial charge in [-0.1, -0.05) is 18.2 Å². The number of hydrogen-bond acceptors (Lipinski definition) is 3. The van der Waals surface area contributed by atoms with Crippen LogP contribution in [0.1, 0.15) is 28.7 Å². The molecule has 120 valence electrons. The van der Waals surface area contributed by atoms with Gasteiger partial charge in [0.25, 0.3) is 0 Å². The zero-order valence-electron chi connectivity index (χ0n) is 12.8. The molecule has 0 amide bonds. The highest BCUT2D eigenvalue weighted by molar-refractivity contribution is 7.96. The van der Waals surface area contributed by atoms with E-state index in [1.807, 2.05) is 0 Å². The predicted octanol–water partition coefficient (Wildman–Crippen LogP) is 3.38. The zero-order valence-corrected chi connectivity index (χ0v) is 13.6. The van der Waals surface area contributed by atoms with Crippen molar-refractivity contribution in [2.24, 2.45) is 0 Å². The Morgan fingerprint density at radius 1 is 1.13 bits per heavy atom. The van der Waals surface area contributed by atoms with Crippen LogP contribution in [0.2, 0.25) is 0 Å². The van der Waals surface area contributed by atoms with Gasteiger partial charge in [0.05, 0.1) is 10.2 Å². The topological polar surface area (TPSA) is 57.2 Å². The molecular weight excluding hydrogens is 315 g/mol. The van der Waals surface area contributed by atoms with Gasteiger partial charge in [-0.15, -0.1) is 4.21 Å². The summed E-state index contributed by atoms with van der Waals surface area (Å²) in [7, 11) is -3.54. The van der Waals surface area contributed by atoms with Crippen LogP contribution in [0.25, 0.3) is 0 Å². The summed E-state index contributed by atoms with van der Waals surface area (Å²) in [4.78, 5) is 11.7. The molecule has 3 rings (SSSR count). The number of benzene rings is 2. The lowest BCUT2D eigenvalue weighted by atomic mass is 9.91. The van der Waals surface area contributed by atoms with E-state index in [4.69, 9.17) is 0 Å². The van der Waals surface area contributed by atoms with Crippen LogP contribution in [0.4, 0.5) is 4.39 Å². The molecule has 5 heteroatoms. The summed E-state index contributed by atoms with van der Waals surface area (Å²) >= 11 is 0. The molecule has 1 aliphatic carbocycles. The fraction of sp³-hybridized carbons (Fsp3) is 0.278. The van der Waals surface area contributed by atoms with Gasteiger partial charge in [0.2, 0.25) is 0 Å². The monoisotopic (exact) mass is 332 g/mol. The summed E-state index contributed by atoms with van der Waals surface area (Å²) in [6.45, 7) is 1.64. The van der Waals surface area contributed by atoms with Gasteiger partial charge in [-0.05, 0) is 48.2 Å². The van der Waals surface area contributed by atoms with Crippen molar-refractivity contribution in [1.82, 2.24) is 0 Å². The molecule has 0 saturated carbocycles. The van der Waals surface area contributed by atoms with Crippen LogP contribution in [-0.2, 0) is 37.8 Å². The molecule has 1 unspecified atom stereocenters. The molecular formula is C18H17FO3S. The maximum absolute atomic E-state index is 13.6. The molecule has 0 fully saturated rings. The van der Waals surface area contributed by atoms with Crippen molar-refractivity contribution in [1.29, 1.82) is 0 Å². The highest BCUT2D eigenvalue weighted by atomic mass is 32.3. The number of ketones is 1. The van der Waals surface area contributed by atoms with Crippen molar-refractivity contribution in [3.63, 3.8) is 0 Å². The first-order valence-corrected chi connectivity index (χ1v) is 9.12. The Morgan fingerprint density at radius 2 is 1.91 bits per heavy atom. The van der Waals surface area contributed by atoms with Gasteiger partial charge in [0.1, 0.15) is 17.4 Å². The summed E-state index contributed by atoms with van der Waals surface area (Å²) in [5.41, 5.74) is 2.74. The summed E-state index contributed by atoms with van der Waals surface area (Å²) in [6, 6.07) is 9.39. The Bertz CT molecular complexity index is 829. The van der Waals surface area contributed by atoms with Gasteiger partial charge < -0.3 is 4.55 Å². The number of sulfone groups is 1. The number of halogens is 1. The molecule has 0 saturated heterocycles. The maximum Gasteiger partial charge on any atom is 0.156 e. The van der Waals surface area contributed by atoms with Crippen LogP contribution in [-0.4, -0.2) is 10.3 Å². The van der Waals surface area contributed by atoms with Crippen molar-refractivity contribution < 1.29 is 17.9 Å². The van der Waals surface area contributed by atoms with E-state index in [1.165, 1.54) is 12.1 Å². The van der Waals surface area contributed by atoms with E-state index in [0.29, 0.717) is 30.4 Å². The van der Waals surface area contributed by atoms with Gasteiger partial charge in [-0.3, -0.25) is 4.79 Å². The third-order valence-electron chi connectivity index (χ3n) is 4.19. The van der Waals surface area contributed by atoms with Crippen LogP contribution < -0.4 is 0 Å². The number of Topliss-reactive ketones (excluding diaryl/α,β-unsaturated/α-hetero) is 1. The molecule has 0 N–H and O–H groups in total. The van der Waals surface area contributed by atoms with Crippen LogP contribution in [0.15, 0.2) is 41.3 Å². The van der Waals surface area contributed by atoms with E-state index in [2.05, 4.69) is 0 Å². The molecule has 23 heavy (non-hydrogen) atoms. The number of rotatable bonds is 3. The summed E-state index contributed by atoms with van der Waals surface area (Å²) in [5, 5.41) is 0. The van der Waals surface area contributed by atoms with E-state index < -0.39 is 16.0 Å². The molecule has 1 atom stereocenters. The molecule has 0 spiro atoms. The number of hydrogen-bond donors (Lipinski definition) is 0. The highest BCUT2D eigenvalue weighted by Crippen LogP contribution is 2.27. The zero-order chi connectivity index (χ0) is 16.6. The maximum atomic E-state index is 13.6. The Labute approximate surface area is 135 Å². The predicted molar refractivity (Wildman–Crippen MR) is 85.4 cm³/mol. The lowest BCUT2D eigenvalue weighted by Gasteiger charge is -2.19. The third kappa shape index (κ3) is 3.41. The van der Waals surface area contributed by atoms with Crippen molar-refractivity contribution in [3.8, 4) is 0 Å². The second-order valence-corrected chi connectivity index (χ2v) is 7.98. The number of fused-ring (bicyclic) bond motifs is 1. The standard InChI is InChI=1S/C18H17FO3S/c1-12-2-3-13(8-18(12)19)11-23(21,22)17-7-5-14-9-16(20)6-4-15(14)10-17/h2-3,5,7-8,10H,4,6,9,11H2,1H3. The highest BCUT2D eigenvalue weighted by Gasteiger charge is 2.24. The van der Waals surface area contributed by atoms with Gasteiger partial charge in [-0.25, -0.2) is 4.39 Å². The summed E-state index contributed by atoms with van der Waals surface area (Å²) in [5.74, 6) is -0.452. The van der Waals surface area contributed by atoms with E-state index in [1.54, 1.807) is 31.2 Å². The fourth-order valence-corrected chi connectivity index (χ4v) is 4.19. The minimum absolute atomic E-state index is 0.184. The lowest BCUT2D eigenvalue weighted by molar-refractivity contribution is -0.118. The Hall–Kier alpha value is -1.85. The SMILES string of the molecule is Cc1ccc(C[S+](=O)([O-])c2ccc3c(c2)CCC(=O)C3)cc1F. The van der Waals surface area contributed by atoms with Crippen LogP contribution >= 0.6 is 0 Å². The second-order valence-electron chi connectivity index (χ2n) is 5.99. The first kappa shape index (κ1) is 16.0. The molecule has 1 aliphatic rings. The third-order valence-corrected chi connectivity index (χ3v) is 5.88. The number of carbonyl (C=O) groups is 1. The first-order valence-electron chi connectivity index (χ1n) is 7.46. The average molecular weight is 332 g/mol. The van der Waals surface area contributed by atoms with Crippen molar-refractivity contribution in [2.45, 2.75) is 36.8 Å². The molecule has 0 radical (unpaired) electrons. The van der Waals surface area contributed by atoms with Gasteiger partial charge in [-0.2, -0.15) is 0 Å². The van der Waals surface area contributed by atoms with Gasteiger partial charge in [0, 0.05) is 18.4 Å². The molecule has 3 nitrogen and oxygen atoms in total. The van der Waals surface area contributed by atoms with Crippen molar-refractivity contribution in [3.05, 3.63) is 64.5 Å². The van der Waals surface area contributed by atoms with E-state index >= 15 is 0 Å². The average Bonchev–Trinajstić information content (AvgIpc) is 2.50. The van der Waals surface area contributed by atoms with Crippen LogP contribution in [0, 0.1) is 12.7 Å². The Balaban J connectivity index is 1.88. The number of aryl methyl sites for hydroxylation is 2. The van der Waals surface area contributed by atoms with Crippen molar-refractivity contribution >= 4 is 16.0 Å². The van der Waals surface area contributed by atoms with Crippen LogP contribution in [0.5, 0.6) is 0 Å². The van der Waals surface area contributed by atoms with Gasteiger partial charge in [0.15, 0.2) is 4.90 Å². The minimum atomic E-state index is -3.54. The molecule has 0 bridgehead atoms. The van der Waals surface area contributed by atoms with E-state index in [0.717, 1.165) is 11.1 Å². The van der Waals surface area contributed by atoms with Crippen molar-refractivity contribution in [2.75, 3.05) is 0 Å². The molecule has 0 aliphatic heterocycles. The van der Waals surface area contributed by atoms with E-state index in [-0.39, 0.29) is 16.4 Å². The van der Waals surface area contributed by atoms with E-state index in [9.17, 15) is 17.9 Å². The largest absolute Gasteiger partial charge is 0.610 e. The normalized spacial score (nSPS) is 16.7. The minimum Gasteiger partial charge on any atom is -0.610 e. The fourth-order valence-electron chi connectivity index (χ4n) is 2.80. The summed E-state index contributed by atoms with van der Waals surface area (Å²) < 4.78 is 38.7. The van der Waals surface area contributed by atoms with Crippen LogP contribution in [0.3, 0.4) is 0 Å². The Kier molecular flexibility index (Phi) is 4.17. The van der Waals surface area contributed by atoms with Gasteiger partial charge >= 0.3 is 0 Å². The summed E-state index contributed by atoms with van der Waals surface area (Å²) in [6.07, 6.45) is 1.41. The number of carbonyl (C=O) groups excluding carboxylic acids is 1. The smallest absolute Gasteiger partial charge is 0.156 e. The molecule has 0 heterocycles. The molecule has 2 aromatic carbocycles. The molecule has 2 aromatic rings. The first-order chi connectivity index (χ1) is 10.8. The molecule has 0 aromatic heterocycles. The second kappa shape index (κ2) is 5.98. The lowest BCUT2D eigenvalue weighted by Crippen LogP contribution is -2.17. The Morgan fingerprint density at radius 3 is 2.65 bits per heavy atom.